The van der Waals surface area contributed by atoms with Crippen molar-refractivity contribution in [3.05, 3.63) is 70.2 Å². The van der Waals surface area contributed by atoms with E-state index in [1.165, 1.54) is 23.5 Å². The SMILES string of the molecule is CCOC(=O)C(C)(C)Oc1ccc(CNC(=O)c2nc(-c3ccc(C(F)(F)F)cc3)sc2C)cc1. The smallest absolute Gasteiger partial charge is 0.416 e. The lowest BCUT2D eigenvalue weighted by atomic mass is 10.1. The number of hydrogen-bond acceptors (Lipinski definition) is 6. The highest BCUT2D eigenvalue weighted by Crippen LogP contribution is 2.33. The first-order valence-electron chi connectivity index (χ1n) is 10.8. The summed E-state index contributed by atoms with van der Waals surface area (Å²) in [4.78, 5) is 29.6. The molecule has 0 radical (unpaired) electrons. The molecule has 2 aromatic carbocycles. The number of nitrogens with one attached hydrogen (secondary N) is 1. The minimum atomic E-state index is -4.41. The molecule has 3 rings (SSSR count). The average molecular weight is 507 g/mol. The molecule has 1 heterocycles. The summed E-state index contributed by atoms with van der Waals surface area (Å²) in [5.74, 6) is -0.374. The molecule has 6 nitrogen and oxygen atoms in total. The molecule has 186 valence electrons. The van der Waals surface area contributed by atoms with Crippen LogP contribution in [0.2, 0.25) is 0 Å². The first-order chi connectivity index (χ1) is 16.4. The molecular formula is C25H25F3N2O4S. The summed E-state index contributed by atoms with van der Waals surface area (Å²) < 4.78 is 49.1. The molecule has 3 aromatic rings. The molecular weight excluding hydrogens is 481 g/mol. The van der Waals surface area contributed by atoms with Crippen LogP contribution in [0, 0.1) is 6.92 Å². The third-order valence-corrected chi connectivity index (χ3v) is 6.01. The molecule has 0 fully saturated rings. The lowest BCUT2D eigenvalue weighted by molar-refractivity contribution is -0.158. The molecule has 0 aliphatic rings. The van der Waals surface area contributed by atoms with Crippen LogP contribution in [0.1, 0.15) is 47.3 Å². The van der Waals surface area contributed by atoms with Gasteiger partial charge in [0.2, 0.25) is 0 Å². The molecule has 0 spiro atoms. The summed E-state index contributed by atoms with van der Waals surface area (Å²) >= 11 is 1.24. The van der Waals surface area contributed by atoms with Gasteiger partial charge >= 0.3 is 12.1 Å². The van der Waals surface area contributed by atoms with E-state index < -0.39 is 23.3 Å². The quantitative estimate of drug-likeness (QED) is 0.392. The molecule has 0 saturated heterocycles. The maximum Gasteiger partial charge on any atom is 0.416 e. The van der Waals surface area contributed by atoms with Gasteiger partial charge in [-0.25, -0.2) is 9.78 Å². The topological polar surface area (TPSA) is 77.5 Å². The fraction of sp³-hybridized carbons (Fsp3) is 0.320. The van der Waals surface area contributed by atoms with Crippen molar-refractivity contribution in [2.75, 3.05) is 6.61 Å². The summed E-state index contributed by atoms with van der Waals surface area (Å²) in [6.07, 6.45) is -4.41. The number of esters is 1. The van der Waals surface area contributed by atoms with E-state index in [-0.39, 0.29) is 24.8 Å². The largest absolute Gasteiger partial charge is 0.476 e. The molecule has 0 aliphatic carbocycles. The van der Waals surface area contributed by atoms with Gasteiger partial charge in [0.1, 0.15) is 16.5 Å². The number of alkyl halides is 3. The van der Waals surface area contributed by atoms with Gasteiger partial charge in [-0.05, 0) is 57.5 Å². The molecule has 10 heteroatoms. The average Bonchev–Trinajstić information content (AvgIpc) is 3.19. The predicted octanol–water partition coefficient (Wildman–Crippen LogP) is 5.79. The molecule has 1 aromatic heterocycles. The Kier molecular flexibility index (Phi) is 7.84. The molecule has 0 aliphatic heterocycles. The summed E-state index contributed by atoms with van der Waals surface area (Å²) in [6.45, 7) is 7.18. The number of hydrogen-bond donors (Lipinski definition) is 1. The van der Waals surface area contributed by atoms with Gasteiger partial charge in [-0.2, -0.15) is 13.2 Å². The number of amides is 1. The molecule has 0 bridgehead atoms. The van der Waals surface area contributed by atoms with E-state index in [0.717, 1.165) is 17.7 Å². The van der Waals surface area contributed by atoms with Crippen LogP contribution in [0.15, 0.2) is 48.5 Å². The summed E-state index contributed by atoms with van der Waals surface area (Å²) in [5, 5.41) is 3.26. The predicted molar refractivity (Wildman–Crippen MR) is 126 cm³/mol. The zero-order valence-electron chi connectivity index (χ0n) is 19.7. The third kappa shape index (κ3) is 6.60. The van der Waals surface area contributed by atoms with Crippen molar-refractivity contribution < 1.29 is 32.2 Å². The first-order valence-corrected chi connectivity index (χ1v) is 11.6. The Bertz CT molecular complexity index is 1190. The molecule has 1 N–H and O–H groups in total. The summed E-state index contributed by atoms with van der Waals surface area (Å²) in [5.41, 5.74) is -0.352. The molecule has 0 atom stereocenters. The Balaban J connectivity index is 1.62. The van der Waals surface area contributed by atoms with Gasteiger partial charge in [-0.1, -0.05) is 24.3 Å². The fourth-order valence-electron chi connectivity index (χ4n) is 3.11. The minimum Gasteiger partial charge on any atom is -0.476 e. The van der Waals surface area contributed by atoms with Crippen LogP contribution in [0.5, 0.6) is 5.75 Å². The Morgan fingerprint density at radius 3 is 2.23 bits per heavy atom. The van der Waals surface area contributed by atoms with E-state index in [1.54, 1.807) is 52.0 Å². The number of nitrogens with zero attached hydrogens (tertiary/aromatic N) is 1. The number of carbonyl (C=O) groups is 2. The lowest BCUT2D eigenvalue weighted by Gasteiger charge is -2.24. The van der Waals surface area contributed by atoms with E-state index in [0.29, 0.717) is 21.2 Å². The number of benzene rings is 2. The van der Waals surface area contributed by atoms with E-state index in [4.69, 9.17) is 9.47 Å². The highest BCUT2D eigenvalue weighted by molar-refractivity contribution is 7.15. The maximum absolute atomic E-state index is 12.8. The van der Waals surface area contributed by atoms with Crippen LogP contribution in [0.4, 0.5) is 13.2 Å². The Morgan fingerprint density at radius 1 is 1.03 bits per heavy atom. The van der Waals surface area contributed by atoms with E-state index >= 15 is 0 Å². The number of aromatic nitrogens is 1. The zero-order chi connectivity index (χ0) is 25.8. The first kappa shape index (κ1) is 26.2. The van der Waals surface area contributed by atoms with Crippen molar-refractivity contribution in [1.29, 1.82) is 0 Å². The van der Waals surface area contributed by atoms with Crippen LogP contribution < -0.4 is 10.1 Å². The van der Waals surface area contributed by atoms with Crippen LogP contribution in [-0.4, -0.2) is 29.1 Å². The number of ether oxygens (including phenoxy) is 2. The van der Waals surface area contributed by atoms with Crippen molar-refractivity contribution in [1.82, 2.24) is 10.3 Å². The third-order valence-electron chi connectivity index (χ3n) is 4.99. The molecule has 1 amide bonds. The maximum atomic E-state index is 12.8. The summed E-state index contributed by atoms with van der Waals surface area (Å²) in [7, 11) is 0. The van der Waals surface area contributed by atoms with Crippen LogP contribution >= 0.6 is 11.3 Å². The Labute approximate surface area is 205 Å². The number of rotatable bonds is 8. The van der Waals surface area contributed by atoms with Crippen LogP contribution in [0.3, 0.4) is 0 Å². The number of carbonyl (C=O) groups excluding carboxylic acids is 2. The second-order valence-electron chi connectivity index (χ2n) is 8.16. The van der Waals surface area contributed by atoms with Gasteiger partial charge in [0, 0.05) is 17.0 Å². The molecule has 35 heavy (non-hydrogen) atoms. The van der Waals surface area contributed by atoms with Gasteiger partial charge in [-0.15, -0.1) is 11.3 Å². The van der Waals surface area contributed by atoms with Crippen molar-refractivity contribution in [2.24, 2.45) is 0 Å². The number of thiazole rings is 1. The van der Waals surface area contributed by atoms with Crippen molar-refractivity contribution >= 4 is 23.2 Å². The highest BCUT2D eigenvalue weighted by atomic mass is 32.1. The second-order valence-corrected chi connectivity index (χ2v) is 9.36. The van der Waals surface area contributed by atoms with Gasteiger partial charge in [0.15, 0.2) is 5.60 Å². The van der Waals surface area contributed by atoms with Crippen molar-refractivity contribution in [3.63, 3.8) is 0 Å². The second kappa shape index (κ2) is 10.5. The van der Waals surface area contributed by atoms with Crippen LogP contribution in [-0.2, 0) is 22.3 Å². The van der Waals surface area contributed by atoms with E-state index in [2.05, 4.69) is 10.3 Å². The van der Waals surface area contributed by atoms with Crippen molar-refractivity contribution in [3.8, 4) is 16.3 Å². The standard InChI is InChI=1S/C25H25F3N2O4S/c1-5-33-23(32)24(3,4)34-19-12-6-16(7-13-19)14-29-21(31)20-15(2)35-22(30-20)17-8-10-18(11-9-17)25(26,27)28/h6-13H,5,14H2,1-4H3,(H,29,31). The van der Waals surface area contributed by atoms with Gasteiger partial charge in [0.25, 0.3) is 5.91 Å². The van der Waals surface area contributed by atoms with E-state index in [1.807, 2.05) is 0 Å². The summed E-state index contributed by atoms with van der Waals surface area (Å²) in [6, 6.07) is 11.6. The fourth-order valence-corrected chi connectivity index (χ4v) is 4.03. The molecule has 0 saturated carbocycles. The van der Waals surface area contributed by atoms with Crippen LogP contribution in [0.25, 0.3) is 10.6 Å². The lowest BCUT2D eigenvalue weighted by Crippen LogP contribution is -2.39. The Morgan fingerprint density at radius 2 is 1.66 bits per heavy atom. The molecule has 0 unspecified atom stereocenters. The van der Waals surface area contributed by atoms with Crippen molar-refractivity contribution in [2.45, 2.75) is 46.0 Å². The minimum absolute atomic E-state index is 0.223. The van der Waals surface area contributed by atoms with Gasteiger partial charge in [-0.3, -0.25) is 4.79 Å². The highest BCUT2D eigenvalue weighted by Gasteiger charge is 2.32. The zero-order valence-corrected chi connectivity index (χ0v) is 20.5. The monoisotopic (exact) mass is 506 g/mol. The van der Waals surface area contributed by atoms with Gasteiger partial charge in [0.05, 0.1) is 12.2 Å². The number of halogens is 3. The Hall–Kier alpha value is -3.40. The number of aryl methyl sites for hydroxylation is 1. The normalized spacial score (nSPS) is 11.7. The van der Waals surface area contributed by atoms with Gasteiger partial charge < -0.3 is 14.8 Å². The van der Waals surface area contributed by atoms with E-state index in [9.17, 15) is 22.8 Å².